The molecule has 1 aromatic rings. The van der Waals surface area contributed by atoms with Gasteiger partial charge in [-0.2, -0.15) is 0 Å². The summed E-state index contributed by atoms with van der Waals surface area (Å²) in [7, 11) is 0. The van der Waals surface area contributed by atoms with Gasteiger partial charge in [0.05, 0.1) is 6.42 Å². The number of hydrogen-bond acceptors (Lipinski definition) is 5. The van der Waals surface area contributed by atoms with Crippen molar-refractivity contribution in [2.24, 2.45) is 0 Å². The van der Waals surface area contributed by atoms with Crippen molar-refractivity contribution < 1.29 is 19.1 Å². The average Bonchev–Trinajstić information content (AvgIpc) is 2.66. The van der Waals surface area contributed by atoms with Crippen LogP contribution in [0.15, 0.2) is 24.3 Å². The summed E-state index contributed by atoms with van der Waals surface area (Å²) in [5, 5.41) is 2.84. The lowest BCUT2D eigenvalue weighted by molar-refractivity contribution is -0.157. The van der Waals surface area contributed by atoms with Crippen LogP contribution >= 0.6 is 23.2 Å². The minimum atomic E-state index is -0.636. The van der Waals surface area contributed by atoms with Gasteiger partial charge in [-0.05, 0) is 65.2 Å². The Bertz CT molecular complexity index is 729. The monoisotopic (exact) mass is 488 g/mol. The molecule has 0 radical (unpaired) electrons. The maximum Gasteiger partial charge on any atom is 0.407 e. The Morgan fingerprint density at radius 2 is 1.69 bits per heavy atom. The highest BCUT2D eigenvalue weighted by Gasteiger charge is 2.26. The SMILES string of the molecule is CCC(C)(C)OC(=O)C[C@@H](Cc1cccc(N(CCCl)CCCl)c1)NC(=O)OC(C)(C)C. The van der Waals surface area contributed by atoms with Gasteiger partial charge in [0.1, 0.15) is 11.2 Å². The summed E-state index contributed by atoms with van der Waals surface area (Å²) < 4.78 is 11.0. The Morgan fingerprint density at radius 1 is 1.06 bits per heavy atom. The maximum atomic E-state index is 12.6. The van der Waals surface area contributed by atoms with E-state index in [1.54, 1.807) is 20.8 Å². The second-order valence-corrected chi connectivity index (χ2v) is 10.1. The predicted molar refractivity (Wildman–Crippen MR) is 132 cm³/mol. The first-order valence-corrected chi connectivity index (χ1v) is 12.1. The number of alkyl carbamates (subject to hydrolysis) is 1. The van der Waals surface area contributed by atoms with E-state index in [0.29, 0.717) is 37.7 Å². The molecule has 1 aromatic carbocycles. The third kappa shape index (κ3) is 11.3. The molecule has 0 fully saturated rings. The van der Waals surface area contributed by atoms with Crippen LogP contribution in [0, 0.1) is 0 Å². The van der Waals surface area contributed by atoms with E-state index in [0.717, 1.165) is 11.3 Å². The maximum absolute atomic E-state index is 12.6. The number of carbonyl (C=O) groups is 2. The van der Waals surface area contributed by atoms with Crippen LogP contribution in [0.3, 0.4) is 0 Å². The van der Waals surface area contributed by atoms with Gasteiger partial charge >= 0.3 is 12.1 Å². The van der Waals surface area contributed by atoms with Crippen molar-refractivity contribution in [3.63, 3.8) is 0 Å². The van der Waals surface area contributed by atoms with Crippen molar-refractivity contribution in [1.29, 1.82) is 0 Å². The van der Waals surface area contributed by atoms with Crippen LogP contribution in [-0.4, -0.2) is 54.2 Å². The third-order valence-electron chi connectivity index (χ3n) is 4.84. The van der Waals surface area contributed by atoms with E-state index in [9.17, 15) is 9.59 Å². The number of rotatable bonds is 12. The molecule has 1 N–H and O–H groups in total. The number of hydrogen-bond donors (Lipinski definition) is 1. The van der Waals surface area contributed by atoms with Crippen molar-refractivity contribution in [3.8, 4) is 0 Å². The lowest BCUT2D eigenvalue weighted by Crippen LogP contribution is -2.42. The number of halogens is 2. The molecule has 182 valence electrons. The Hall–Kier alpha value is -1.66. The number of ether oxygens (including phenoxy) is 2. The van der Waals surface area contributed by atoms with Crippen LogP contribution in [0.25, 0.3) is 0 Å². The molecule has 0 unspecified atom stereocenters. The summed E-state index contributed by atoms with van der Waals surface area (Å²) in [5.41, 5.74) is 0.773. The quantitative estimate of drug-likeness (QED) is 0.309. The zero-order valence-corrected chi connectivity index (χ0v) is 21.7. The number of nitrogens with one attached hydrogen (secondary N) is 1. The van der Waals surface area contributed by atoms with Crippen molar-refractivity contribution in [2.75, 3.05) is 29.7 Å². The lowest BCUT2D eigenvalue weighted by Gasteiger charge is -2.27. The van der Waals surface area contributed by atoms with Crippen LogP contribution in [0.1, 0.15) is 59.9 Å². The molecule has 6 nitrogen and oxygen atoms in total. The first-order chi connectivity index (χ1) is 14.9. The molecule has 0 aliphatic rings. The van der Waals surface area contributed by atoms with Gasteiger partial charge in [0.25, 0.3) is 0 Å². The molecule has 1 amide bonds. The minimum Gasteiger partial charge on any atom is -0.460 e. The lowest BCUT2D eigenvalue weighted by atomic mass is 10.0. The van der Waals surface area contributed by atoms with Crippen molar-refractivity contribution in [2.45, 2.75) is 78.0 Å². The predicted octanol–water partition coefficient (Wildman–Crippen LogP) is 5.53. The molecule has 0 aliphatic heterocycles. The Kier molecular flexibility index (Phi) is 11.7. The summed E-state index contributed by atoms with van der Waals surface area (Å²) in [6.45, 7) is 12.4. The zero-order chi connectivity index (χ0) is 24.4. The van der Waals surface area contributed by atoms with E-state index in [1.807, 2.05) is 45.0 Å². The summed E-state index contributed by atoms with van der Waals surface area (Å²) in [6, 6.07) is 7.47. The molecule has 32 heavy (non-hydrogen) atoms. The highest BCUT2D eigenvalue weighted by molar-refractivity contribution is 6.18. The van der Waals surface area contributed by atoms with Crippen LogP contribution < -0.4 is 10.2 Å². The second-order valence-electron chi connectivity index (χ2n) is 9.37. The van der Waals surface area contributed by atoms with Crippen LogP contribution in [0.2, 0.25) is 0 Å². The largest absolute Gasteiger partial charge is 0.460 e. The Morgan fingerprint density at radius 3 is 2.22 bits per heavy atom. The normalized spacial score (nSPS) is 12.8. The van der Waals surface area contributed by atoms with Crippen molar-refractivity contribution in [1.82, 2.24) is 5.32 Å². The van der Waals surface area contributed by atoms with Crippen molar-refractivity contribution >= 4 is 41.0 Å². The summed E-state index contributed by atoms with van der Waals surface area (Å²) >= 11 is 11.9. The fourth-order valence-electron chi connectivity index (χ4n) is 3.01. The molecule has 8 heteroatoms. The van der Waals surface area contributed by atoms with E-state index in [2.05, 4.69) is 10.2 Å². The van der Waals surface area contributed by atoms with E-state index in [1.165, 1.54) is 0 Å². The molecule has 1 rings (SSSR count). The van der Waals surface area contributed by atoms with Crippen LogP contribution in [0.4, 0.5) is 10.5 Å². The molecule has 0 saturated carbocycles. The van der Waals surface area contributed by atoms with Crippen LogP contribution in [0.5, 0.6) is 0 Å². The molecule has 0 saturated heterocycles. The smallest absolute Gasteiger partial charge is 0.407 e. The number of alkyl halides is 2. The zero-order valence-electron chi connectivity index (χ0n) is 20.2. The molecule has 0 spiro atoms. The third-order valence-corrected chi connectivity index (χ3v) is 5.18. The van der Waals surface area contributed by atoms with Gasteiger partial charge < -0.3 is 19.7 Å². The molecular formula is C24H38Cl2N2O4. The van der Waals surface area contributed by atoms with Gasteiger partial charge in [0, 0.05) is 36.6 Å². The highest BCUT2D eigenvalue weighted by atomic mass is 35.5. The van der Waals surface area contributed by atoms with E-state index in [-0.39, 0.29) is 12.4 Å². The molecule has 0 heterocycles. The van der Waals surface area contributed by atoms with E-state index in [4.69, 9.17) is 32.7 Å². The molecular weight excluding hydrogens is 451 g/mol. The van der Waals surface area contributed by atoms with Gasteiger partial charge in [0.15, 0.2) is 0 Å². The summed E-state index contributed by atoms with van der Waals surface area (Å²) in [5.74, 6) is 0.617. The van der Waals surface area contributed by atoms with Crippen molar-refractivity contribution in [3.05, 3.63) is 29.8 Å². The van der Waals surface area contributed by atoms with E-state index >= 15 is 0 Å². The number of amides is 1. The second kappa shape index (κ2) is 13.1. The highest BCUT2D eigenvalue weighted by Crippen LogP contribution is 2.20. The number of anilines is 1. The molecule has 1 atom stereocenters. The molecule has 0 bridgehead atoms. The average molecular weight is 489 g/mol. The van der Waals surface area contributed by atoms with Gasteiger partial charge in [-0.3, -0.25) is 4.79 Å². The Labute approximate surface area is 202 Å². The molecule has 0 aromatic heterocycles. The molecule has 0 aliphatic carbocycles. The van der Waals surface area contributed by atoms with Gasteiger partial charge in [0.2, 0.25) is 0 Å². The first kappa shape index (κ1) is 28.4. The minimum absolute atomic E-state index is 0.0416. The van der Waals surface area contributed by atoms with E-state index < -0.39 is 23.3 Å². The van der Waals surface area contributed by atoms with Gasteiger partial charge in [-0.1, -0.05) is 19.1 Å². The fraction of sp³-hybridized carbons (Fsp3) is 0.667. The summed E-state index contributed by atoms with van der Waals surface area (Å²) in [4.78, 5) is 27.1. The Balaban J connectivity index is 3.02. The first-order valence-electron chi connectivity index (χ1n) is 11.1. The number of benzene rings is 1. The van der Waals surface area contributed by atoms with Gasteiger partial charge in [-0.25, -0.2) is 4.79 Å². The standard InChI is InChI=1S/C24H38Cl2N2O4/c1-7-24(5,6)31-21(29)17-19(27-22(30)32-23(2,3)4)15-18-9-8-10-20(16-18)28(13-11-25)14-12-26/h8-10,16,19H,7,11-15,17H2,1-6H3,(H,27,30)/t19-/m1/s1. The number of nitrogens with zero attached hydrogens (tertiary/aromatic N) is 1. The topological polar surface area (TPSA) is 67.9 Å². The van der Waals surface area contributed by atoms with Gasteiger partial charge in [-0.15, -0.1) is 23.2 Å². The summed E-state index contributed by atoms with van der Waals surface area (Å²) in [6.07, 6.45) is 0.624. The number of esters is 1. The fourth-order valence-corrected chi connectivity index (χ4v) is 3.42. The van der Waals surface area contributed by atoms with Crippen LogP contribution in [-0.2, 0) is 20.7 Å². The number of carbonyl (C=O) groups excluding carboxylic acids is 2.